The lowest BCUT2D eigenvalue weighted by molar-refractivity contribution is 0.594. The quantitative estimate of drug-likeness (QED) is 0.901. The number of aromatic nitrogens is 2. The predicted molar refractivity (Wildman–Crippen MR) is 77.0 cm³/mol. The van der Waals surface area contributed by atoms with E-state index in [4.69, 9.17) is 4.98 Å². The molecule has 0 unspecified atom stereocenters. The predicted octanol–water partition coefficient (Wildman–Crippen LogP) is 2.63. The summed E-state index contributed by atoms with van der Waals surface area (Å²) in [5, 5.41) is 3.18. The second-order valence-corrected chi connectivity index (χ2v) is 5.86. The van der Waals surface area contributed by atoms with Gasteiger partial charge in [-0.05, 0) is 24.1 Å². The molecule has 98 valence electrons. The van der Waals surface area contributed by atoms with E-state index >= 15 is 0 Å². The van der Waals surface area contributed by atoms with Gasteiger partial charge >= 0.3 is 0 Å². The van der Waals surface area contributed by atoms with Gasteiger partial charge in [-0.3, -0.25) is 0 Å². The Bertz CT molecular complexity index is 547. The van der Waals surface area contributed by atoms with Gasteiger partial charge in [-0.1, -0.05) is 32.9 Å². The van der Waals surface area contributed by atoms with Gasteiger partial charge in [0.1, 0.15) is 5.82 Å². The lowest BCUT2D eigenvalue weighted by Crippen LogP contribution is -2.13. The molecule has 0 aliphatic heterocycles. The van der Waals surface area contributed by atoms with E-state index in [1.54, 1.807) is 0 Å². The summed E-state index contributed by atoms with van der Waals surface area (Å²) in [6.07, 6.45) is 0.964. The number of nitrogens with one attached hydrogen (secondary N) is 1. The minimum atomic E-state index is 0.133. The fourth-order valence-corrected chi connectivity index (χ4v) is 2.33. The van der Waals surface area contributed by atoms with E-state index in [0.29, 0.717) is 0 Å². The van der Waals surface area contributed by atoms with E-state index in [-0.39, 0.29) is 5.41 Å². The van der Waals surface area contributed by atoms with Crippen molar-refractivity contribution < 1.29 is 0 Å². The standard InChI is InChI=1S/C15H23N3/c1-15(2,3)11-7-6-8-12-14(11)17-13(18(12)5)9-10-16-4/h6-8,16H,9-10H2,1-5H3. The van der Waals surface area contributed by atoms with Crippen LogP contribution in [-0.2, 0) is 18.9 Å². The Morgan fingerprint density at radius 3 is 2.61 bits per heavy atom. The van der Waals surface area contributed by atoms with Gasteiger partial charge in [-0.2, -0.15) is 0 Å². The number of para-hydroxylation sites is 1. The summed E-state index contributed by atoms with van der Waals surface area (Å²) in [4.78, 5) is 4.84. The summed E-state index contributed by atoms with van der Waals surface area (Å²) >= 11 is 0. The van der Waals surface area contributed by atoms with Crippen molar-refractivity contribution in [3.05, 3.63) is 29.6 Å². The molecule has 0 aliphatic rings. The molecule has 3 heteroatoms. The van der Waals surface area contributed by atoms with Crippen LogP contribution in [0.4, 0.5) is 0 Å². The van der Waals surface area contributed by atoms with E-state index in [9.17, 15) is 0 Å². The van der Waals surface area contributed by atoms with Crippen LogP contribution in [-0.4, -0.2) is 23.1 Å². The van der Waals surface area contributed by atoms with Crippen LogP contribution in [0.25, 0.3) is 11.0 Å². The van der Waals surface area contributed by atoms with Crippen molar-refractivity contribution in [2.75, 3.05) is 13.6 Å². The Morgan fingerprint density at radius 1 is 1.28 bits per heavy atom. The molecule has 0 spiro atoms. The molecular weight excluding hydrogens is 222 g/mol. The highest BCUT2D eigenvalue weighted by Gasteiger charge is 2.19. The molecule has 2 aromatic rings. The van der Waals surface area contributed by atoms with E-state index in [1.807, 2.05) is 7.05 Å². The topological polar surface area (TPSA) is 29.9 Å². The molecule has 1 heterocycles. The molecule has 0 saturated heterocycles. The number of fused-ring (bicyclic) bond motifs is 1. The Balaban J connectivity index is 2.57. The molecule has 18 heavy (non-hydrogen) atoms. The molecular formula is C15H23N3. The fourth-order valence-electron chi connectivity index (χ4n) is 2.33. The van der Waals surface area contributed by atoms with E-state index in [0.717, 1.165) is 24.3 Å². The van der Waals surface area contributed by atoms with Crippen LogP contribution < -0.4 is 5.32 Å². The fraction of sp³-hybridized carbons (Fsp3) is 0.533. The van der Waals surface area contributed by atoms with Gasteiger partial charge in [0, 0.05) is 20.0 Å². The average molecular weight is 245 g/mol. The maximum absolute atomic E-state index is 4.84. The maximum atomic E-state index is 4.84. The lowest BCUT2D eigenvalue weighted by atomic mass is 9.86. The van der Waals surface area contributed by atoms with Gasteiger partial charge < -0.3 is 9.88 Å². The van der Waals surface area contributed by atoms with Crippen LogP contribution in [0.3, 0.4) is 0 Å². The second kappa shape index (κ2) is 4.73. The molecule has 0 radical (unpaired) electrons. The molecule has 0 bridgehead atoms. The van der Waals surface area contributed by atoms with Crippen LogP contribution in [0, 0.1) is 0 Å². The molecule has 1 aromatic heterocycles. The SMILES string of the molecule is CNCCc1nc2c(C(C)(C)C)cccc2n1C. The number of rotatable bonds is 3. The monoisotopic (exact) mass is 245 g/mol. The Kier molecular flexibility index (Phi) is 3.44. The third-order valence-electron chi connectivity index (χ3n) is 3.41. The number of hydrogen-bond donors (Lipinski definition) is 1. The molecule has 1 aromatic carbocycles. The number of nitrogens with zero attached hydrogens (tertiary/aromatic N) is 2. The largest absolute Gasteiger partial charge is 0.331 e. The van der Waals surface area contributed by atoms with Crippen molar-refractivity contribution >= 4 is 11.0 Å². The number of imidazole rings is 1. The third kappa shape index (κ3) is 2.27. The Morgan fingerprint density at radius 2 is 2.00 bits per heavy atom. The molecule has 0 aliphatic carbocycles. The van der Waals surface area contributed by atoms with Gasteiger partial charge in [0.2, 0.25) is 0 Å². The van der Waals surface area contributed by atoms with Crippen molar-refractivity contribution in [3.8, 4) is 0 Å². The van der Waals surface area contributed by atoms with Crippen LogP contribution in [0.1, 0.15) is 32.2 Å². The first-order valence-corrected chi connectivity index (χ1v) is 6.54. The normalized spacial score (nSPS) is 12.3. The van der Waals surface area contributed by atoms with Crippen LogP contribution >= 0.6 is 0 Å². The molecule has 3 nitrogen and oxygen atoms in total. The van der Waals surface area contributed by atoms with Gasteiger partial charge in [-0.25, -0.2) is 4.98 Å². The minimum absolute atomic E-state index is 0.133. The first-order valence-electron chi connectivity index (χ1n) is 6.54. The molecule has 0 fully saturated rings. The summed E-state index contributed by atoms with van der Waals surface area (Å²) in [6, 6.07) is 6.48. The van der Waals surface area contributed by atoms with Crippen molar-refractivity contribution in [1.29, 1.82) is 0 Å². The Labute approximate surface area is 109 Å². The molecule has 0 atom stereocenters. The zero-order valence-electron chi connectivity index (χ0n) is 12.0. The molecule has 2 rings (SSSR count). The highest BCUT2D eigenvalue weighted by Crippen LogP contribution is 2.29. The second-order valence-electron chi connectivity index (χ2n) is 5.86. The van der Waals surface area contributed by atoms with Gasteiger partial charge in [0.15, 0.2) is 0 Å². The van der Waals surface area contributed by atoms with E-state index in [2.05, 4.69) is 55.9 Å². The maximum Gasteiger partial charge on any atom is 0.110 e. The zero-order valence-corrected chi connectivity index (χ0v) is 12.0. The van der Waals surface area contributed by atoms with Crippen molar-refractivity contribution in [3.63, 3.8) is 0 Å². The van der Waals surface area contributed by atoms with Crippen molar-refractivity contribution in [2.45, 2.75) is 32.6 Å². The molecule has 0 amide bonds. The van der Waals surface area contributed by atoms with E-state index in [1.165, 1.54) is 11.1 Å². The van der Waals surface area contributed by atoms with Crippen LogP contribution in [0.15, 0.2) is 18.2 Å². The Hall–Kier alpha value is -1.35. The van der Waals surface area contributed by atoms with Gasteiger partial charge in [-0.15, -0.1) is 0 Å². The smallest absolute Gasteiger partial charge is 0.110 e. The zero-order chi connectivity index (χ0) is 13.3. The van der Waals surface area contributed by atoms with Gasteiger partial charge in [0.25, 0.3) is 0 Å². The van der Waals surface area contributed by atoms with Crippen molar-refractivity contribution in [1.82, 2.24) is 14.9 Å². The third-order valence-corrected chi connectivity index (χ3v) is 3.41. The first-order chi connectivity index (χ1) is 8.45. The number of aryl methyl sites for hydroxylation is 1. The highest BCUT2D eigenvalue weighted by molar-refractivity contribution is 5.80. The summed E-state index contributed by atoms with van der Waals surface area (Å²) < 4.78 is 2.21. The van der Waals surface area contributed by atoms with E-state index < -0.39 is 0 Å². The first kappa shape index (κ1) is 13.1. The summed E-state index contributed by atoms with van der Waals surface area (Å²) in [5.74, 6) is 1.15. The molecule has 1 N–H and O–H groups in total. The van der Waals surface area contributed by atoms with Gasteiger partial charge in [0.05, 0.1) is 11.0 Å². The minimum Gasteiger partial charge on any atom is -0.331 e. The number of hydrogen-bond acceptors (Lipinski definition) is 2. The molecule has 0 saturated carbocycles. The lowest BCUT2D eigenvalue weighted by Gasteiger charge is -2.19. The average Bonchev–Trinajstić information content (AvgIpc) is 2.62. The number of likely N-dealkylation sites (N-methyl/N-ethyl adjacent to an activating group) is 1. The summed E-state index contributed by atoms with van der Waals surface area (Å²) in [5.41, 5.74) is 3.84. The van der Waals surface area contributed by atoms with Crippen LogP contribution in [0.2, 0.25) is 0 Å². The summed E-state index contributed by atoms with van der Waals surface area (Å²) in [7, 11) is 4.08. The van der Waals surface area contributed by atoms with Crippen LogP contribution in [0.5, 0.6) is 0 Å². The summed E-state index contributed by atoms with van der Waals surface area (Å²) in [6.45, 7) is 7.68. The van der Waals surface area contributed by atoms with Crippen molar-refractivity contribution in [2.24, 2.45) is 7.05 Å². The highest BCUT2D eigenvalue weighted by atomic mass is 15.1. The number of benzene rings is 1.